The molecule has 24 heavy (non-hydrogen) atoms. The molecule has 0 spiro atoms. The number of aliphatic carboxylic acids is 1. The summed E-state index contributed by atoms with van der Waals surface area (Å²) in [5.41, 5.74) is 0. The normalized spacial score (nSPS) is 14.3. The van der Waals surface area contributed by atoms with Crippen LogP contribution in [0.5, 0.6) is 0 Å². The van der Waals surface area contributed by atoms with Crippen molar-refractivity contribution in [1.29, 1.82) is 0 Å². The van der Waals surface area contributed by atoms with E-state index in [2.05, 4.69) is 19.1 Å². The summed E-state index contributed by atoms with van der Waals surface area (Å²) >= 11 is 0. The predicted octanol–water partition coefficient (Wildman–Crippen LogP) is 6.54. The number of hydrogen-bond donors (Lipinski definition) is 3. The Morgan fingerprint density at radius 2 is 1.62 bits per heavy atom. The molecule has 142 valence electrons. The van der Waals surface area contributed by atoms with E-state index in [0.29, 0.717) is 0 Å². The van der Waals surface area contributed by atoms with Crippen molar-refractivity contribution in [3.05, 3.63) is 24.3 Å². The predicted molar refractivity (Wildman–Crippen MR) is 101 cm³/mol. The van der Waals surface area contributed by atoms with Crippen LogP contribution >= 0.6 is 0 Å². The van der Waals surface area contributed by atoms with Gasteiger partial charge in [0.05, 0.1) is 0 Å². The quantitative estimate of drug-likeness (QED) is 0.182. The third-order valence-electron chi connectivity index (χ3n) is 4.03. The number of carboxylic acids is 1. The molecule has 1 rings (SSSR count). The summed E-state index contributed by atoms with van der Waals surface area (Å²) in [4.78, 5) is 9.94. The van der Waals surface area contributed by atoms with E-state index in [1.165, 1.54) is 57.8 Å². The molecule has 0 unspecified atom stereocenters. The minimum Gasteiger partial charge on any atom is -0.481 e. The maximum absolute atomic E-state index is 9.94. The average Bonchev–Trinajstić information content (AvgIpc) is 3.11. The summed E-state index contributed by atoms with van der Waals surface area (Å²) in [5, 5.41) is 20.2. The molecular formula is C20H38O4. The van der Waals surface area contributed by atoms with Gasteiger partial charge < -0.3 is 5.11 Å². The molecule has 0 saturated heterocycles. The second-order valence-corrected chi connectivity index (χ2v) is 6.18. The molecule has 1 aliphatic carbocycles. The van der Waals surface area contributed by atoms with Gasteiger partial charge >= 0.3 is 5.97 Å². The lowest BCUT2D eigenvalue weighted by Crippen LogP contribution is -1.92. The number of carbonyl (C=O) groups is 1. The molecule has 0 amide bonds. The van der Waals surface area contributed by atoms with Gasteiger partial charge in [0, 0.05) is 6.42 Å². The van der Waals surface area contributed by atoms with Crippen LogP contribution in [0.2, 0.25) is 0 Å². The molecule has 0 atom stereocenters. The molecule has 0 aromatic carbocycles. The molecular weight excluding hydrogens is 304 g/mol. The van der Waals surface area contributed by atoms with Crippen LogP contribution in [-0.2, 0) is 4.79 Å². The Morgan fingerprint density at radius 1 is 1.00 bits per heavy atom. The second kappa shape index (κ2) is 21.9. The van der Waals surface area contributed by atoms with Crippen molar-refractivity contribution in [3.8, 4) is 0 Å². The molecule has 0 heterocycles. The van der Waals surface area contributed by atoms with Gasteiger partial charge in [-0.2, -0.15) is 0 Å². The highest BCUT2D eigenvalue weighted by Crippen LogP contribution is 2.25. The summed E-state index contributed by atoms with van der Waals surface area (Å²) in [6, 6.07) is 0. The summed E-state index contributed by atoms with van der Waals surface area (Å²) in [6.07, 6.45) is 23.4. The molecule has 0 aliphatic heterocycles. The highest BCUT2D eigenvalue weighted by atomic mass is 17.0. The van der Waals surface area contributed by atoms with Gasteiger partial charge in [-0.15, -0.1) is 0 Å². The Bertz CT molecular complexity index is 305. The van der Waals surface area contributed by atoms with Gasteiger partial charge in [0.2, 0.25) is 0 Å². The Labute approximate surface area is 148 Å². The van der Waals surface area contributed by atoms with Gasteiger partial charge in [-0.25, -0.2) is 0 Å². The lowest BCUT2D eigenvalue weighted by molar-refractivity contribution is -0.176. The number of hydrogen-bond acceptors (Lipinski definition) is 3. The fourth-order valence-electron chi connectivity index (χ4n) is 2.67. The molecule has 0 radical (unpaired) electrons. The molecule has 0 aromatic rings. The van der Waals surface area contributed by atoms with Gasteiger partial charge in [-0.05, 0) is 51.4 Å². The summed E-state index contributed by atoms with van der Waals surface area (Å²) in [5.74, 6) is 0.227. The average molecular weight is 343 g/mol. The molecule has 4 heteroatoms. The smallest absolute Gasteiger partial charge is 0.303 e. The van der Waals surface area contributed by atoms with E-state index in [-0.39, 0.29) is 6.42 Å². The van der Waals surface area contributed by atoms with Crippen LogP contribution < -0.4 is 0 Å². The van der Waals surface area contributed by atoms with Crippen LogP contribution in [0, 0.1) is 5.92 Å². The maximum atomic E-state index is 9.94. The van der Waals surface area contributed by atoms with Crippen molar-refractivity contribution in [2.45, 2.75) is 90.9 Å². The Hall–Kier alpha value is -1.13. The van der Waals surface area contributed by atoms with Gasteiger partial charge in [-0.1, -0.05) is 63.3 Å². The minimum absolute atomic E-state index is 0.282. The molecule has 1 aliphatic rings. The van der Waals surface area contributed by atoms with Crippen LogP contribution in [0.1, 0.15) is 90.9 Å². The Balaban J connectivity index is 0. The first-order valence-corrected chi connectivity index (χ1v) is 9.40. The first-order chi connectivity index (χ1) is 11.7. The summed E-state index contributed by atoms with van der Waals surface area (Å²) < 4.78 is 0. The van der Waals surface area contributed by atoms with E-state index in [9.17, 15) is 4.79 Å². The van der Waals surface area contributed by atoms with Crippen molar-refractivity contribution in [1.82, 2.24) is 0 Å². The van der Waals surface area contributed by atoms with Gasteiger partial charge in [0.15, 0.2) is 0 Å². The van der Waals surface area contributed by atoms with E-state index in [0.717, 1.165) is 18.8 Å². The second-order valence-electron chi connectivity index (χ2n) is 6.18. The van der Waals surface area contributed by atoms with Crippen molar-refractivity contribution in [3.63, 3.8) is 0 Å². The fraction of sp³-hybridized carbons (Fsp3) is 0.750. The van der Waals surface area contributed by atoms with Crippen molar-refractivity contribution in [2.24, 2.45) is 5.92 Å². The third kappa shape index (κ3) is 20.9. The van der Waals surface area contributed by atoms with Crippen LogP contribution in [0.3, 0.4) is 0 Å². The van der Waals surface area contributed by atoms with Crippen LogP contribution in [0.4, 0.5) is 0 Å². The SMILES string of the molecule is C/C=C\CCCC(=O)O.CCCCCC/C=C/C1CCCC1.OO. The lowest BCUT2D eigenvalue weighted by Gasteiger charge is -1.99. The van der Waals surface area contributed by atoms with Crippen molar-refractivity contribution >= 4 is 5.97 Å². The summed E-state index contributed by atoms with van der Waals surface area (Å²) in [7, 11) is 0. The third-order valence-corrected chi connectivity index (χ3v) is 4.03. The van der Waals surface area contributed by atoms with E-state index >= 15 is 0 Å². The fourth-order valence-corrected chi connectivity index (χ4v) is 2.67. The van der Waals surface area contributed by atoms with Crippen LogP contribution in [-0.4, -0.2) is 21.6 Å². The zero-order valence-corrected chi connectivity index (χ0v) is 15.6. The van der Waals surface area contributed by atoms with Crippen LogP contribution in [0.15, 0.2) is 24.3 Å². The number of rotatable bonds is 10. The van der Waals surface area contributed by atoms with E-state index in [1.807, 2.05) is 19.1 Å². The molecule has 1 fully saturated rings. The number of unbranched alkanes of at least 4 members (excludes halogenated alkanes) is 5. The molecule has 0 bridgehead atoms. The van der Waals surface area contributed by atoms with E-state index in [4.69, 9.17) is 15.6 Å². The molecule has 0 aromatic heterocycles. The van der Waals surface area contributed by atoms with Gasteiger partial charge in [0.1, 0.15) is 0 Å². The number of carboxylic acid groups (broad SMARTS) is 1. The highest BCUT2D eigenvalue weighted by Gasteiger charge is 2.10. The molecule has 1 saturated carbocycles. The van der Waals surface area contributed by atoms with Crippen molar-refractivity contribution in [2.75, 3.05) is 0 Å². The van der Waals surface area contributed by atoms with Crippen LogP contribution in [0.25, 0.3) is 0 Å². The topological polar surface area (TPSA) is 77.8 Å². The molecule has 3 N–H and O–H groups in total. The zero-order valence-electron chi connectivity index (χ0n) is 15.6. The van der Waals surface area contributed by atoms with Crippen molar-refractivity contribution < 1.29 is 20.4 Å². The highest BCUT2D eigenvalue weighted by molar-refractivity contribution is 5.66. The Morgan fingerprint density at radius 3 is 2.17 bits per heavy atom. The largest absolute Gasteiger partial charge is 0.481 e. The number of allylic oxidation sites excluding steroid dienone is 4. The maximum Gasteiger partial charge on any atom is 0.303 e. The van der Waals surface area contributed by atoms with E-state index in [1.54, 1.807) is 0 Å². The summed E-state index contributed by atoms with van der Waals surface area (Å²) in [6.45, 7) is 4.20. The molecule has 4 nitrogen and oxygen atoms in total. The standard InChI is InChI=1S/C13H24.C7H12O2.H2O2/c1-2-3-4-5-6-7-10-13-11-8-9-12-13;1-2-3-4-5-6-7(8)9;1-2/h7,10,13H,2-6,8-9,11-12H2,1H3;2-3H,4-6H2,1H3,(H,8,9);1-2H/b10-7+;3-2-;. The Kier molecular flexibility index (Phi) is 22.9. The van der Waals surface area contributed by atoms with E-state index < -0.39 is 5.97 Å². The minimum atomic E-state index is -0.709. The zero-order chi connectivity index (χ0) is 18.5. The lowest BCUT2D eigenvalue weighted by atomic mass is 10.1. The monoisotopic (exact) mass is 342 g/mol. The van der Waals surface area contributed by atoms with Gasteiger partial charge in [-0.3, -0.25) is 15.3 Å². The van der Waals surface area contributed by atoms with Gasteiger partial charge in [0.25, 0.3) is 0 Å². The first-order valence-electron chi connectivity index (χ1n) is 9.40. The first kappa shape index (κ1) is 25.1.